The first kappa shape index (κ1) is 9.17. The molecule has 0 atom stereocenters. The van der Waals surface area contributed by atoms with Gasteiger partial charge in [-0.25, -0.2) is 4.39 Å². The zero-order chi connectivity index (χ0) is 8.97. The van der Waals surface area contributed by atoms with Gasteiger partial charge in [-0.1, -0.05) is 13.0 Å². The maximum Gasteiger partial charge on any atom is 0.161 e. The first-order valence-corrected chi connectivity index (χ1v) is 4.34. The Kier molecular flexibility index (Phi) is 3.20. The van der Waals surface area contributed by atoms with Crippen molar-refractivity contribution in [3.8, 4) is 0 Å². The Morgan fingerprint density at radius 2 is 2.42 bits per heavy atom. The molecule has 66 valence electrons. The zero-order valence-corrected chi connectivity index (χ0v) is 7.27. The van der Waals surface area contributed by atoms with Crippen LogP contribution in [0.1, 0.15) is 32.6 Å². The summed E-state index contributed by atoms with van der Waals surface area (Å²) in [6.45, 7) is 1.76. The third-order valence-electron chi connectivity index (χ3n) is 2.01. The van der Waals surface area contributed by atoms with E-state index >= 15 is 0 Å². The van der Waals surface area contributed by atoms with Gasteiger partial charge in [0, 0.05) is 12.0 Å². The van der Waals surface area contributed by atoms with Crippen LogP contribution in [-0.4, -0.2) is 5.78 Å². The van der Waals surface area contributed by atoms with Crippen molar-refractivity contribution in [2.24, 2.45) is 0 Å². The van der Waals surface area contributed by atoms with Gasteiger partial charge < -0.3 is 0 Å². The van der Waals surface area contributed by atoms with Crippen molar-refractivity contribution in [3.05, 3.63) is 23.6 Å². The fourth-order valence-corrected chi connectivity index (χ4v) is 1.29. The van der Waals surface area contributed by atoms with E-state index in [2.05, 4.69) is 0 Å². The normalized spacial score (nSPS) is 17.8. The number of hydrogen-bond acceptors (Lipinski definition) is 1. The van der Waals surface area contributed by atoms with E-state index in [1.165, 1.54) is 6.08 Å². The highest BCUT2D eigenvalue weighted by Crippen LogP contribution is 2.21. The molecule has 0 bridgehead atoms. The lowest BCUT2D eigenvalue weighted by atomic mass is 10.0. The Morgan fingerprint density at radius 1 is 1.67 bits per heavy atom. The first-order valence-electron chi connectivity index (χ1n) is 4.34. The highest BCUT2D eigenvalue weighted by molar-refractivity contribution is 5.95. The quantitative estimate of drug-likeness (QED) is 0.619. The second-order valence-corrected chi connectivity index (χ2v) is 2.90. The average molecular weight is 168 g/mol. The van der Waals surface area contributed by atoms with E-state index in [-0.39, 0.29) is 11.6 Å². The maximum atomic E-state index is 13.1. The van der Waals surface area contributed by atoms with Crippen LogP contribution in [0.2, 0.25) is 0 Å². The summed E-state index contributed by atoms with van der Waals surface area (Å²) in [6, 6.07) is 0. The van der Waals surface area contributed by atoms with Crippen molar-refractivity contribution < 1.29 is 9.18 Å². The lowest BCUT2D eigenvalue weighted by Crippen LogP contribution is -2.01. The van der Waals surface area contributed by atoms with Crippen molar-refractivity contribution in [1.29, 1.82) is 0 Å². The van der Waals surface area contributed by atoms with E-state index in [1.807, 2.05) is 0 Å². The Balaban J connectivity index is 2.84. The molecule has 1 aliphatic carbocycles. The van der Waals surface area contributed by atoms with Crippen LogP contribution in [0.4, 0.5) is 4.39 Å². The SMILES string of the molecule is CCC(=O)C1=C(F)C=CCCC1. The van der Waals surface area contributed by atoms with Gasteiger partial charge in [0.1, 0.15) is 5.83 Å². The Labute approximate surface area is 72.0 Å². The molecule has 0 saturated heterocycles. The summed E-state index contributed by atoms with van der Waals surface area (Å²) in [5, 5.41) is 0. The van der Waals surface area contributed by atoms with E-state index in [9.17, 15) is 9.18 Å². The monoisotopic (exact) mass is 168 g/mol. The molecule has 0 N–H and O–H groups in total. The molecule has 0 fully saturated rings. The number of halogens is 1. The number of Topliss-reactive ketones (excluding diaryl/α,β-unsaturated/α-hetero) is 1. The van der Waals surface area contributed by atoms with E-state index in [0.717, 1.165) is 12.8 Å². The topological polar surface area (TPSA) is 17.1 Å². The largest absolute Gasteiger partial charge is 0.294 e. The molecule has 2 heteroatoms. The van der Waals surface area contributed by atoms with Gasteiger partial charge in [0.05, 0.1) is 0 Å². The second kappa shape index (κ2) is 4.19. The first-order chi connectivity index (χ1) is 5.75. The molecule has 1 nitrogen and oxygen atoms in total. The molecule has 0 aromatic carbocycles. The summed E-state index contributed by atoms with van der Waals surface area (Å²) in [5.41, 5.74) is 0.381. The number of carbonyl (C=O) groups is 1. The fourth-order valence-electron chi connectivity index (χ4n) is 1.29. The summed E-state index contributed by atoms with van der Waals surface area (Å²) in [7, 11) is 0. The predicted molar refractivity (Wildman–Crippen MR) is 46.4 cm³/mol. The van der Waals surface area contributed by atoms with Crippen LogP contribution in [0.25, 0.3) is 0 Å². The van der Waals surface area contributed by atoms with Gasteiger partial charge in [0.2, 0.25) is 0 Å². The summed E-state index contributed by atoms with van der Waals surface area (Å²) >= 11 is 0. The molecule has 0 aromatic heterocycles. The molecule has 0 aromatic rings. The molecule has 0 radical (unpaired) electrons. The van der Waals surface area contributed by atoms with Crippen molar-refractivity contribution in [2.45, 2.75) is 32.6 Å². The lowest BCUT2D eigenvalue weighted by molar-refractivity contribution is -0.115. The van der Waals surface area contributed by atoms with Gasteiger partial charge in [0.15, 0.2) is 5.78 Å². The van der Waals surface area contributed by atoms with Crippen molar-refractivity contribution in [3.63, 3.8) is 0 Å². The van der Waals surface area contributed by atoms with Crippen LogP contribution in [0.3, 0.4) is 0 Å². The van der Waals surface area contributed by atoms with Crippen LogP contribution >= 0.6 is 0 Å². The molecular formula is C10H13FO. The summed E-state index contributed by atoms with van der Waals surface area (Å²) < 4.78 is 13.1. The molecule has 0 unspecified atom stereocenters. The van der Waals surface area contributed by atoms with Crippen LogP contribution in [0.15, 0.2) is 23.6 Å². The zero-order valence-electron chi connectivity index (χ0n) is 7.27. The minimum absolute atomic E-state index is 0.0564. The molecule has 1 aliphatic rings. The van der Waals surface area contributed by atoms with Gasteiger partial charge in [-0.2, -0.15) is 0 Å². The predicted octanol–water partition coefficient (Wildman–Crippen LogP) is 2.93. The minimum atomic E-state index is -0.334. The standard InChI is InChI=1S/C10H13FO/c1-2-10(12)8-6-4-3-5-7-9(8)11/h5,7H,2-4,6H2,1H3. The number of carbonyl (C=O) groups excluding carboxylic acids is 1. The summed E-state index contributed by atoms with van der Waals surface area (Å²) in [6.07, 6.45) is 5.93. The summed E-state index contributed by atoms with van der Waals surface area (Å²) in [5.74, 6) is -0.390. The number of ketones is 1. The maximum absolute atomic E-state index is 13.1. The fraction of sp³-hybridized carbons (Fsp3) is 0.500. The molecule has 0 spiro atoms. The van der Waals surface area contributed by atoms with E-state index in [1.54, 1.807) is 13.0 Å². The van der Waals surface area contributed by atoms with Crippen molar-refractivity contribution in [1.82, 2.24) is 0 Å². The van der Waals surface area contributed by atoms with Gasteiger partial charge in [-0.05, 0) is 25.3 Å². The Hall–Kier alpha value is -0.920. The van der Waals surface area contributed by atoms with Gasteiger partial charge in [-0.15, -0.1) is 0 Å². The van der Waals surface area contributed by atoms with Crippen LogP contribution in [-0.2, 0) is 4.79 Å². The highest BCUT2D eigenvalue weighted by atomic mass is 19.1. The molecule has 0 amide bonds. The smallest absolute Gasteiger partial charge is 0.161 e. The van der Waals surface area contributed by atoms with Crippen LogP contribution in [0, 0.1) is 0 Å². The average Bonchev–Trinajstić information content (AvgIpc) is 2.28. The van der Waals surface area contributed by atoms with E-state index in [0.29, 0.717) is 18.4 Å². The van der Waals surface area contributed by atoms with E-state index < -0.39 is 0 Å². The highest BCUT2D eigenvalue weighted by Gasteiger charge is 2.13. The van der Waals surface area contributed by atoms with Crippen LogP contribution < -0.4 is 0 Å². The molecule has 0 aliphatic heterocycles. The van der Waals surface area contributed by atoms with Gasteiger partial charge in [0.25, 0.3) is 0 Å². The third kappa shape index (κ3) is 2.03. The molecule has 12 heavy (non-hydrogen) atoms. The Morgan fingerprint density at radius 3 is 3.08 bits per heavy atom. The minimum Gasteiger partial charge on any atom is -0.294 e. The molecule has 0 saturated carbocycles. The lowest BCUT2D eigenvalue weighted by Gasteiger charge is -2.01. The molecule has 1 rings (SSSR count). The summed E-state index contributed by atoms with van der Waals surface area (Å²) in [4.78, 5) is 11.2. The van der Waals surface area contributed by atoms with E-state index in [4.69, 9.17) is 0 Å². The third-order valence-corrected chi connectivity index (χ3v) is 2.01. The molecule has 0 heterocycles. The van der Waals surface area contributed by atoms with Crippen molar-refractivity contribution in [2.75, 3.05) is 0 Å². The van der Waals surface area contributed by atoms with Gasteiger partial charge in [-0.3, -0.25) is 4.79 Å². The number of allylic oxidation sites excluding steroid dienone is 4. The van der Waals surface area contributed by atoms with Crippen LogP contribution in [0.5, 0.6) is 0 Å². The van der Waals surface area contributed by atoms with Gasteiger partial charge >= 0.3 is 0 Å². The second-order valence-electron chi connectivity index (χ2n) is 2.90. The van der Waals surface area contributed by atoms with Crippen molar-refractivity contribution >= 4 is 5.78 Å². The molecular weight excluding hydrogens is 155 g/mol. The number of hydrogen-bond donors (Lipinski definition) is 0. The Bertz CT molecular complexity index is 238. The number of rotatable bonds is 2.